The molecule has 3 nitrogen and oxygen atoms in total. The molecule has 0 aromatic carbocycles. The normalized spacial score (nSPS) is 26.3. The van der Waals surface area contributed by atoms with Crippen LogP contribution in [0.2, 0.25) is 5.15 Å². The number of nitrogens with zero attached hydrogens (tertiary/aromatic N) is 2. The van der Waals surface area contributed by atoms with Crippen LogP contribution in [-0.2, 0) is 0 Å². The van der Waals surface area contributed by atoms with Gasteiger partial charge in [-0.15, -0.1) is 0 Å². The number of likely N-dealkylation sites (tertiary alicyclic amines) is 1. The molecule has 1 saturated carbocycles. The summed E-state index contributed by atoms with van der Waals surface area (Å²) in [7, 11) is 0. The number of rotatable bonds is 1. The van der Waals surface area contributed by atoms with E-state index in [1.807, 2.05) is 4.90 Å². The standard InChI is InChI=1S/C14H16ClFN2O/c15-13-12(5-11(16)6-17-13)14(19)18-7-9-3-1-2-4-10(9)8-18/h5-6,9-10H,1-4,7-8H2/t9-,10+. The molecule has 102 valence electrons. The predicted octanol–water partition coefficient (Wildman–Crippen LogP) is 3.14. The van der Waals surface area contributed by atoms with Crippen molar-refractivity contribution in [3.63, 3.8) is 0 Å². The van der Waals surface area contributed by atoms with Crippen LogP contribution in [0.4, 0.5) is 4.39 Å². The molecule has 0 N–H and O–H groups in total. The summed E-state index contributed by atoms with van der Waals surface area (Å²) in [6.45, 7) is 1.55. The van der Waals surface area contributed by atoms with E-state index in [-0.39, 0.29) is 16.6 Å². The quantitative estimate of drug-likeness (QED) is 0.742. The summed E-state index contributed by atoms with van der Waals surface area (Å²) in [6.07, 6.45) is 5.94. The van der Waals surface area contributed by atoms with Crippen LogP contribution < -0.4 is 0 Å². The molecule has 0 unspecified atom stereocenters. The van der Waals surface area contributed by atoms with Crippen LogP contribution in [0.25, 0.3) is 0 Å². The molecule has 2 atom stereocenters. The second-order valence-corrected chi connectivity index (χ2v) is 5.86. The number of fused-ring (bicyclic) bond motifs is 1. The van der Waals surface area contributed by atoms with E-state index >= 15 is 0 Å². The minimum atomic E-state index is -0.524. The number of halogens is 2. The number of hydrogen-bond donors (Lipinski definition) is 0. The lowest BCUT2D eigenvalue weighted by molar-refractivity contribution is 0.0783. The molecule has 1 aliphatic heterocycles. The van der Waals surface area contributed by atoms with Crippen molar-refractivity contribution in [2.45, 2.75) is 25.7 Å². The van der Waals surface area contributed by atoms with Gasteiger partial charge in [0.25, 0.3) is 5.91 Å². The van der Waals surface area contributed by atoms with Gasteiger partial charge in [0.15, 0.2) is 0 Å². The molecule has 1 saturated heterocycles. The Morgan fingerprint density at radius 2 is 1.95 bits per heavy atom. The molecule has 1 aromatic heterocycles. The molecule has 5 heteroatoms. The highest BCUT2D eigenvalue weighted by Gasteiger charge is 2.37. The monoisotopic (exact) mass is 282 g/mol. The van der Waals surface area contributed by atoms with E-state index in [0.29, 0.717) is 11.8 Å². The van der Waals surface area contributed by atoms with Crippen LogP contribution in [0.3, 0.4) is 0 Å². The number of hydrogen-bond acceptors (Lipinski definition) is 2. The summed E-state index contributed by atoms with van der Waals surface area (Å²) >= 11 is 5.90. The molecule has 0 bridgehead atoms. The Balaban J connectivity index is 1.79. The van der Waals surface area contributed by atoms with Gasteiger partial charge in [-0.05, 0) is 30.7 Å². The highest BCUT2D eigenvalue weighted by Crippen LogP contribution is 2.36. The second-order valence-electron chi connectivity index (χ2n) is 5.51. The van der Waals surface area contributed by atoms with Gasteiger partial charge in [0, 0.05) is 13.1 Å². The van der Waals surface area contributed by atoms with Crippen molar-refractivity contribution in [3.05, 3.63) is 28.8 Å². The molecule has 1 aromatic rings. The van der Waals surface area contributed by atoms with Crippen LogP contribution >= 0.6 is 11.6 Å². The number of carbonyl (C=O) groups excluding carboxylic acids is 1. The first-order chi connectivity index (χ1) is 9.15. The fourth-order valence-corrected chi connectivity index (χ4v) is 3.50. The fraction of sp³-hybridized carbons (Fsp3) is 0.571. The van der Waals surface area contributed by atoms with E-state index in [2.05, 4.69) is 4.98 Å². The van der Waals surface area contributed by atoms with Crippen molar-refractivity contribution in [3.8, 4) is 0 Å². The highest BCUT2D eigenvalue weighted by molar-refractivity contribution is 6.32. The van der Waals surface area contributed by atoms with Crippen molar-refractivity contribution in [2.75, 3.05) is 13.1 Å². The molecule has 0 radical (unpaired) electrons. The Hall–Kier alpha value is -1.16. The third kappa shape index (κ3) is 2.46. The summed E-state index contributed by atoms with van der Waals surface area (Å²) in [4.78, 5) is 17.9. The van der Waals surface area contributed by atoms with Crippen LogP contribution in [0, 0.1) is 17.7 Å². The van der Waals surface area contributed by atoms with E-state index in [0.717, 1.165) is 19.3 Å². The van der Waals surface area contributed by atoms with E-state index in [9.17, 15) is 9.18 Å². The van der Waals surface area contributed by atoms with Gasteiger partial charge in [0.1, 0.15) is 11.0 Å². The van der Waals surface area contributed by atoms with Gasteiger partial charge < -0.3 is 4.90 Å². The minimum Gasteiger partial charge on any atom is -0.338 e. The Morgan fingerprint density at radius 3 is 2.58 bits per heavy atom. The predicted molar refractivity (Wildman–Crippen MR) is 70.6 cm³/mol. The zero-order valence-electron chi connectivity index (χ0n) is 10.6. The maximum atomic E-state index is 13.2. The summed E-state index contributed by atoms with van der Waals surface area (Å²) in [5.74, 6) is 0.506. The first-order valence-electron chi connectivity index (χ1n) is 6.75. The van der Waals surface area contributed by atoms with Crippen molar-refractivity contribution >= 4 is 17.5 Å². The van der Waals surface area contributed by atoms with E-state index in [1.165, 1.54) is 31.7 Å². The maximum Gasteiger partial charge on any atom is 0.257 e. The van der Waals surface area contributed by atoms with Gasteiger partial charge in [0.2, 0.25) is 0 Å². The van der Waals surface area contributed by atoms with E-state index < -0.39 is 5.82 Å². The average Bonchev–Trinajstić information content (AvgIpc) is 2.84. The van der Waals surface area contributed by atoms with Crippen LogP contribution in [0.5, 0.6) is 0 Å². The SMILES string of the molecule is O=C(c1cc(F)cnc1Cl)N1C[C@H]2CCCC[C@H]2C1. The third-order valence-corrected chi connectivity index (χ3v) is 4.60. The molecule has 19 heavy (non-hydrogen) atoms. The number of pyridine rings is 1. The van der Waals surface area contributed by atoms with Gasteiger partial charge in [-0.1, -0.05) is 24.4 Å². The van der Waals surface area contributed by atoms with Gasteiger partial charge in [0.05, 0.1) is 11.8 Å². The smallest absolute Gasteiger partial charge is 0.257 e. The van der Waals surface area contributed by atoms with Crippen LogP contribution in [0.1, 0.15) is 36.0 Å². The molecule has 3 rings (SSSR count). The lowest BCUT2D eigenvalue weighted by Crippen LogP contribution is -2.29. The van der Waals surface area contributed by atoms with Crippen LogP contribution in [0.15, 0.2) is 12.3 Å². The second kappa shape index (κ2) is 5.08. The Labute approximate surface area is 116 Å². The topological polar surface area (TPSA) is 33.2 Å². The number of aromatic nitrogens is 1. The zero-order chi connectivity index (χ0) is 13.4. The highest BCUT2D eigenvalue weighted by atomic mass is 35.5. The lowest BCUT2D eigenvalue weighted by atomic mass is 9.82. The Bertz CT molecular complexity index is 494. The first-order valence-corrected chi connectivity index (χ1v) is 7.13. The first kappa shape index (κ1) is 12.9. The largest absolute Gasteiger partial charge is 0.338 e. The molecule has 1 aliphatic carbocycles. The van der Waals surface area contributed by atoms with Crippen molar-refractivity contribution in [1.82, 2.24) is 9.88 Å². The van der Waals surface area contributed by atoms with Gasteiger partial charge >= 0.3 is 0 Å². The van der Waals surface area contributed by atoms with Crippen LogP contribution in [-0.4, -0.2) is 28.9 Å². The van der Waals surface area contributed by atoms with Crippen molar-refractivity contribution in [2.24, 2.45) is 11.8 Å². The number of amides is 1. The molecule has 0 spiro atoms. The molecule has 1 amide bonds. The van der Waals surface area contributed by atoms with Crippen molar-refractivity contribution < 1.29 is 9.18 Å². The molecular formula is C14H16ClFN2O. The molecule has 2 aliphatic rings. The minimum absolute atomic E-state index is 0.0845. The summed E-state index contributed by atoms with van der Waals surface area (Å²) in [5.41, 5.74) is 0.181. The van der Waals surface area contributed by atoms with Gasteiger partial charge in [-0.3, -0.25) is 4.79 Å². The summed E-state index contributed by atoms with van der Waals surface area (Å²) in [6, 6.07) is 1.18. The Morgan fingerprint density at radius 1 is 1.32 bits per heavy atom. The molecular weight excluding hydrogens is 267 g/mol. The lowest BCUT2D eigenvalue weighted by Gasteiger charge is -2.22. The maximum absolute atomic E-state index is 13.2. The van der Waals surface area contributed by atoms with E-state index in [4.69, 9.17) is 11.6 Å². The Kier molecular flexibility index (Phi) is 3.44. The third-order valence-electron chi connectivity index (χ3n) is 4.30. The number of carbonyl (C=O) groups is 1. The van der Waals surface area contributed by atoms with E-state index in [1.54, 1.807) is 0 Å². The van der Waals surface area contributed by atoms with Crippen molar-refractivity contribution in [1.29, 1.82) is 0 Å². The summed E-state index contributed by atoms with van der Waals surface area (Å²) < 4.78 is 13.2. The molecule has 2 heterocycles. The zero-order valence-corrected chi connectivity index (χ0v) is 11.4. The van der Waals surface area contributed by atoms with Gasteiger partial charge in [-0.2, -0.15) is 0 Å². The average molecular weight is 283 g/mol. The summed E-state index contributed by atoms with van der Waals surface area (Å²) in [5, 5.41) is 0.0845. The molecule has 2 fully saturated rings. The van der Waals surface area contributed by atoms with Gasteiger partial charge in [-0.25, -0.2) is 9.37 Å². The fourth-order valence-electron chi connectivity index (χ4n) is 3.31.